The third kappa shape index (κ3) is 3.70. The zero-order chi connectivity index (χ0) is 20.4. The maximum Gasteiger partial charge on any atom is 0.0917 e. The first kappa shape index (κ1) is 20.5. The van der Waals surface area contributed by atoms with Crippen molar-refractivity contribution in [3.63, 3.8) is 0 Å². The summed E-state index contributed by atoms with van der Waals surface area (Å²) >= 11 is 0. The van der Waals surface area contributed by atoms with Crippen molar-refractivity contribution < 1.29 is 4.74 Å². The minimum atomic E-state index is 0.275. The lowest BCUT2D eigenvalue weighted by molar-refractivity contribution is 0.164. The number of rotatable bonds is 7. The van der Waals surface area contributed by atoms with Gasteiger partial charge < -0.3 is 9.30 Å². The van der Waals surface area contributed by atoms with E-state index in [-0.39, 0.29) is 6.04 Å². The van der Waals surface area contributed by atoms with E-state index in [2.05, 4.69) is 70.5 Å². The highest BCUT2D eigenvalue weighted by Gasteiger charge is 2.18. The highest BCUT2D eigenvalue weighted by Crippen LogP contribution is 2.32. The molecule has 4 nitrogen and oxygen atoms in total. The molecule has 3 aromatic rings. The molecule has 0 aliphatic rings. The molecule has 3 heterocycles. The van der Waals surface area contributed by atoms with Crippen LogP contribution in [0.15, 0.2) is 24.4 Å². The molecular weight excluding hydrogens is 346 g/mol. The predicted octanol–water partition coefficient (Wildman–Crippen LogP) is 5.86. The molecule has 0 aliphatic carbocycles. The molecule has 0 fully saturated rings. The number of fused-ring (bicyclic) bond motifs is 1. The standard InChI is InChI=1S/C24H33N3O/c1-8-18-12-22-23(16(5)13-27(22)17(6)14-28-7)26-24(18)19-10-11-21(15(3)4)25-20(19)9-2/h10-13,15,17H,8-9,14H2,1-7H3/t17-/m1/s1. The number of pyridine rings is 2. The summed E-state index contributed by atoms with van der Waals surface area (Å²) in [7, 11) is 1.75. The summed E-state index contributed by atoms with van der Waals surface area (Å²) in [5.41, 5.74) is 9.26. The zero-order valence-electron chi connectivity index (χ0n) is 18.3. The van der Waals surface area contributed by atoms with E-state index < -0.39 is 0 Å². The van der Waals surface area contributed by atoms with Crippen molar-refractivity contribution in [1.29, 1.82) is 0 Å². The van der Waals surface area contributed by atoms with Crippen molar-refractivity contribution in [2.75, 3.05) is 13.7 Å². The second-order valence-electron chi connectivity index (χ2n) is 7.98. The summed E-state index contributed by atoms with van der Waals surface area (Å²) in [4.78, 5) is 10.1. The van der Waals surface area contributed by atoms with Gasteiger partial charge in [-0.25, -0.2) is 4.98 Å². The minimum Gasteiger partial charge on any atom is -0.383 e. The third-order valence-corrected chi connectivity index (χ3v) is 5.51. The highest BCUT2D eigenvalue weighted by atomic mass is 16.5. The highest BCUT2D eigenvalue weighted by molar-refractivity contribution is 5.84. The Balaban J connectivity index is 2.21. The molecular formula is C24H33N3O. The van der Waals surface area contributed by atoms with Crippen LogP contribution in [0.5, 0.6) is 0 Å². The molecule has 0 aromatic carbocycles. The first-order valence-electron chi connectivity index (χ1n) is 10.4. The quantitative estimate of drug-likeness (QED) is 0.516. The Morgan fingerprint density at radius 3 is 2.43 bits per heavy atom. The van der Waals surface area contributed by atoms with Gasteiger partial charge in [-0.1, -0.05) is 27.7 Å². The first-order valence-corrected chi connectivity index (χ1v) is 10.4. The molecule has 0 aliphatic heterocycles. The third-order valence-electron chi connectivity index (χ3n) is 5.51. The zero-order valence-corrected chi connectivity index (χ0v) is 18.3. The van der Waals surface area contributed by atoms with Crippen molar-refractivity contribution in [1.82, 2.24) is 14.5 Å². The van der Waals surface area contributed by atoms with Gasteiger partial charge in [0.1, 0.15) is 0 Å². The van der Waals surface area contributed by atoms with Gasteiger partial charge in [0.05, 0.1) is 29.4 Å². The van der Waals surface area contributed by atoms with E-state index in [1.54, 1.807) is 7.11 Å². The van der Waals surface area contributed by atoms with Crippen molar-refractivity contribution in [3.8, 4) is 11.3 Å². The van der Waals surface area contributed by atoms with Crippen LogP contribution >= 0.6 is 0 Å². The number of aryl methyl sites for hydroxylation is 3. The maximum absolute atomic E-state index is 5.38. The van der Waals surface area contributed by atoms with E-state index in [4.69, 9.17) is 14.7 Å². The Morgan fingerprint density at radius 2 is 1.82 bits per heavy atom. The van der Waals surface area contributed by atoms with Gasteiger partial charge in [-0.05, 0) is 61.9 Å². The van der Waals surface area contributed by atoms with Gasteiger partial charge in [-0.2, -0.15) is 0 Å². The molecule has 0 unspecified atom stereocenters. The Morgan fingerprint density at radius 1 is 1.07 bits per heavy atom. The second kappa shape index (κ2) is 8.44. The predicted molar refractivity (Wildman–Crippen MR) is 117 cm³/mol. The van der Waals surface area contributed by atoms with Crippen LogP contribution in [0.3, 0.4) is 0 Å². The molecule has 150 valence electrons. The van der Waals surface area contributed by atoms with E-state index in [0.29, 0.717) is 12.5 Å². The maximum atomic E-state index is 5.38. The lowest BCUT2D eigenvalue weighted by Crippen LogP contribution is -2.10. The van der Waals surface area contributed by atoms with Crippen LogP contribution in [-0.2, 0) is 17.6 Å². The largest absolute Gasteiger partial charge is 0.383 e. The van der Waals surface area contributed by atoms with Gasteiger partial charge >= 0.3 is 0 Å². The fraction of sp³-hybridized carbons (Fsp3) is 0.500. The van der Waals surface area contributed by atoms with Gasteiger partial charge in [-0.3, -0.25) is 4.98 Å². The van der Waals surface area contributed by atoms with Gasteiger partial charge in [0, 0.05) is 30.3 Å². The summed E-state index contributed by atoms with van der Waals surface area (Å²) in [6, 6.07) is 6.96. The number of ether oxygens (including phenoxy) is 1. The average molecular weight is 380 g/mol. The van der Waals surface area contributed by atoms with Crippen LogP contribution in [0.4, 0.5) is 0 Å². The monoisotopic (exact) mass is 379 g/mol. The molecule has 0 radical (unpaired) electrons. The van der Waals surface area contributed by atoms with Crippen LogP contribution in [0, 0.1) is 6.92 Å². The number of aromatic nitrogens is 3. The van der Waals surface area contributed by atoms with Gasteiger partial charge in [-0.15, -0.1) is 0 Å². The SMILES string of the molecule is CCc1cc2c(nc1-c1ccc(C(C)C)nc1CC)c(C)cn2[C@H](C)COC. The molecule has 0 amide bonds. The number of methoxy groups -OCH3 is 1. The normalized spacial score (nSPS) is 12.9. The Hall–Kier alpha value is -2.20. The van der Waals surface area contributed by atoms with Gasteiger partial charge in [0.15, 0.2) is 0 Å². The Labute approximate surface area is 169 Å². The fourth-order valence-corrected chi connectivity index (χ4v) is 3.88. The molecule has 0 bridgehead atoms. The second-order valence-corrected chi connectivity index (χ2v) is 7.98. The smallest absolute Gasteiger partial charge is 0.0917 e. The molecule has 0 saturated carbocycles. The Bertz CT molecular complexity index is 972. The van der Waals surface area contributed by atoms with Crippen LogP contribution in [0.1, 0.15) is 69.1 Å². The molecule has 3 aromatic heterocycles. The van der Waals surface area contributed by atoms with E-state index >= 15 is 0 Å². The minimum absolute atomic E-state index is 0.275. The number of nitrogens with zero attached hydrogens (tertiary/aromatic N) is 3. The molecule has 0 spiro atoms. The topological polar surface area (TPSA) is 39.9 Å². The Kier molecular flexibility index (Phi) is 6.19. The molecule has 0 saturated heterocycles. The summed E-state index contributed by atoms with van der Waals surface area (Å²) < 4.78 is 7.67. The van der Waals surface area contributed by atoms with E-state index in [9.17, 15) is 0 Å². The molecule has 0 N–H and O–H groups in total. The van der Waals surface area contributed by atoms with Crippen molar-refractivity contribution in [3.05, 3.63) is 46.9 Å². The van der Waals surface area contributed by atoms with Crippen LogP contribution < -0.4 is 0 Å². The van der Waals surface area contributed by atoms with Crippen molar-refractivity contribution in [2.24, 2.45) is 0 Å². The van der Waals surface area contributed by atoms with Crippen molar-refractivity contribution >= 4 is 11.0 Å². The summed E-state index contributed by atoms with van der Waals surface area (Å²) in [5, 5.41) is 0. The van der Waals surface area contributed by atoms with E-state index in [1.165, 1.54) is 22.2 Å². The van der Waals surface area contributed by atoms with E-state index in [1.807, 2.05) is 0 Å². The van der Waals surface area contributed by atoms with E-state index in [0.717, 1.165) is 35.4 Å². The molecule has 4 heteroatoms. The summed E-state index contributed by atoms with van der Waals surface area (Å²) in [6.07, 6.45) is 4.05. The van der Waals surface area contributed by atoms with Crippen molar-refractivity contribution in [2.45, 2.75) is 66.3 Å². The van der Waals surface area contributed by atoms with Crippen LogP contribution in [0.2, 0.25) is 0 Å². The van der Waals surface area contributed by atoms with Crippen LogP contribution in [0.25, 0.3) is 22.3 Å². The van der Waals surface area contributed by atoms with Crippen LogP contribution in [-0.4, -0.2) is 28.3 Å². The van der Waals surface area contributed by atoms with Gasteiger partial charge in [0.2, 0.25) is 0 Å². The average Bonchev–Trinajstić information content (AvgIpc) is 3.02. The molecule has 28 heavy (non-hydrogen) atoms. The summed E-state index contributed by atoms with van der Waals surface area (Å²) in [6.45, 7) is 13.8. The first-order chi connectivity index (χ1) is 13.4. The van der Waals surface area contributed by atoms with Gasteiger partial charge in [0.25, 0.3) is 0 Å². The number of hydrogen-bond acceptors (Lipinski definition) is 3. The lowest BCUT2D eigenvalue weighted by Gasteiger charge is -2.17. The fourth-order valence-electron chi connectivity index (χ4n) is 3.88. The number of hydrogen-bond donors (Lipinski definition) is 0. The molecule has 1 atom stereocenters. The lowest BCUT2D eigenvalue weighted by atomic mass is 9.98. The summed E-state index contributed by atoms with van der Waals surface area (Å²) in [5.74, 6) is 0.430. The molecule has 3 rings (SSSR count).